The van der Waals surface area contributed by atoms with Gasteiger partial charge in [-0.25, -0.2) is 0 Å². The Kier molecular flexibility index (Phi) is 6.78. The predicted octanol–water partition coefficient (Wildman–Crippen LogP) is 1.49. The monoisotopic (exact) mass is 275 g/mol. The van der Waals surface area contributed by atoms with Gasteiger partial charge in [0.1, 0.15) is 6.61 Å². The van der Waals surface area contributed by atoms with E-state index in [4.69, 9.17) is 9.84 Å². The molecule has 4 nitrogen and oxygen atoms in total. The Morgan fingerprint density at radius 3 is 2.85 bits per heavy atom. The summed E-state index contributed by atoms with van der Waals surface area (Å²) in [5.41, 5.74) is 2.20. The molecule has 0 aliphatic heterocycles. The maximum Gasteiger partial charge on any atom is 0.251 e. The van der Waals surface area contributed by atoms with E-state index in [0.29, 0.717) is 24.3 Å². The maximum absolute atomic E-state index is 12.1. The molecular weight excluding hydrogens is 254 g/mol. The van der Waals surface area contributed by atoms with Crippen LogP contribution < -0.4 is 5.32 Å². The summed E-state index contributed by atoms with van der Waals surface area (Å²) >= 11 is 0. The molecule has 0 bridgehead atoms. The molecule has 4 heteroatoms. The first-order valence-corrected chi connectivity index (χ1v) is 6.64. The molecule has 0 aromatic heterocycles. The van der Waals surface area contributed by atoms with Crippen LogP contribution in [0.1, 0.15) is 35.3 Å². The highest BCUT2D eigenvalue weighted by Gasteiger charge is 2.09. The molecule has 0 aliphatic carbocycles. The first-order valence-electron chi connectivity index (χ1n) is 6.64. The van der Waals surface area contributed by atoms with Gasteiger partial charge in [0.05, 0.1) is 12.7 Å². The second-order valence-electron chi connectivity index (χ2n) is 4.67. The number of benzene rings is 1. The van der Waals surface area contributed by atoms with E-state index in [2.05, 4.69) is 17.2 Å². The normalized spacial score (nSPS) is 10.1. The van der Waals surface area contributed by atoms with Crippen molar-refractivity contribution in [3.05, 3.63) is 34.9 Å². The fourth-order valence-electron chi connectivity index (χ4n) is 1.64. The van der Waals surface area contributed by atoms with Crippen LogP contribution in [0.3, 0.4) is 0 Å². The molecule has 108 valence electrons. The number of aliphatic hydroxyl groups is 1. The second kappa shape index (κ2) is 8.36. The van der Waals surface area contributed by atoms with Gasteiger partial charge in [-0.15, -0.1) is 0 Å². The van der Waals surface area contributed by atoms with Gasteiger partial charge < -0.3 is 15.2 Å². The third-order valence-corrected chi connectivity index (χ3v) is 2.63. The molecule has 0 atom stereocenters. The SMILES string of the molecule is Cc1ccc(C#CCO)cc1C(=O)NCCOC(C)C. The lowest BCUT2D eigenvalue weighted by Crippen LogP contribution is -2.28. The third-order valence-electron chi connectivity index (χ3n) is 2.63. The molecule has 1 aromatic rings. The zero-order valence-electron chi connectivity index (χ0n) is 12.2. The lowest BCUT2D eigenvalue weighted by Gasteiger charge is -2.10. The molecule has 0 radical (unpaired) electrons. The third kappa shape index (κ3) is 5.43. The summed E-state index contributed by atoms with van der Waals surface area (Å²) in [6, 6.07) is 5.41. The van der Waals surface area contributed by atoms with Gasteiger partial charge in [-0.05, 0) is 38.5 Å². The number of carbonyl (C=O) groups is 1. The summed E-state index contributed by atoms with van der Waals surface area (Å²) in [5.74, 6) is 5.23. The number of nitrogens with one attached hydrogen (secondary N) is 1. The minimum atomic E-state index is -0.193. The Balaban J connectivity index is 2.67. The van der Waals surface area contributed by atoms with Gasteiger partial charge in [0.15, 0.2) is 0 Å². The van der Waals surface area contributed by atoms with Gasteiger partial charge in [-0.1, -0.05) is 17.9 Å². The number of ether oxygens (including phenoxy) is 1. The molecular formula is C16H21NO3. The molecule has 0 aliphatic rings. The lowest BCUT2D eigenvalue weighted by molar-refractivity contribution is 0.0746. The molecule has 2 N–H and O–H groups in total. The molecule has 0 heterocycles. The van der Waals surface area contributed by atoms with Gasteiger partial charge in [-0.2, -0.15) is 0 Å². The average Bonchev–Trinajstić information content (AvgIpc) is 2.42. The Morgan fingerprint density at radius 2 is 2.20 bits per heavy atom. The number of hydrogen-bond donors (Lipinski definition) is 2. The average molecular weight is 275 g/mol. The highest BCUT2D eigenvalue weighted by atomic mass is 16.5. The van der Waals surface area contributed by atoms with E-state index in [1.165, 1.54) is 0 Å². The van der Waals surface area contributed by atoms with Crippen molar-refractivity contribution in [3.63, 3.8) is 0 Å². The van der Waals surface area contributed by atoms with E-state index in [9.17, 15) is 4.79 Å². The van der Waals surface area contributed by atoms with Crippen molar-refractivity contribution >= 4 is 5.91 Å². The fourth-order valence-corrected chi connectivity index (χ4v) is 1.64. The minimum Gasteiger partial charge on any atom is -0.384 e. The lowest BCUT2D eigenvalue weighted by atomic mass is 10.0. The topological polar surface area (TPSA) is 58.6 Å². The Labute approximate surface area is 120 Å². The molecule has 1 amide bonds. The first kappa shape index (κ1) is 16.2. The van der Waals surface area contributed by atoms with Crippen LogP contribution in [-0.2, 0) is 4.74 Å². The fraction of sp³-hybridized carbons (Fsp3) is 0.438. The van der Waals surface area contributed by atoms with Crippen molar-refractivity contribution in [2.75, 3.05) is 19.8 Å². The van der Waals surface area contributed by atoms with E-state index in [-0.39, 0.29) is 18.6 Å². The van der Waals surface area contributed by atoms with Crippen molar-refractivity contribution in [1.29, 1.82) is 0 Å². The number of aryl methyl sites for hydroxylation is 1. The summed E-state index contributed by atoms with van der Waals surface area (Å²) in [6.07, 6.45) is 0.158. The van der Waals surface area contributed by atoms with Crippen LogP contribution in [0.25, 0.3) is 0 Å². The van der Waals surface area contributed by atoms with Gasteiger partial charge in [0.25, 0.3) is 5.91 Å². The van der Waals surface area contributed by atoms with Crippen LogP contribution in [0.2, 0.25) is 0 Å². The molecule has 0 spiro atoms. The zero-order chi connectivity index (χ0) is 15.0. The van der Waals surface area contributed by atoms with Crippen LogP contribution >= 0.6 is 0 Å². The summed E-state index contributed by atoms with van der Waals surface area (Å²) in [4.78, 5) is 12.1. The zero-order valence-corrected chi connectivity index (χ0v) is 12.2. The van der Waals surface area contributed by atoms with Crippen LogP contribution in [0.15, 0.2) is 18.2 Å². The molecule has 20 heavy (non-hydrogen) atoms. The van der Waals surface area contributed by atoms with Gasteiger partial charge in [0.2, 0.25) is 0 Å². The Hall–Kier alpha value is -1.83. The van der Waals surface area contributed by atoms with Crippen LogP contribution in [0, 0.1) is 18.8 Å². The van der Waals surface area contributed by atoms with Crippen molar-refractivity contribution in [3.8, 4) is 11.8 Å². The van der Waals surface area contributed by atoms with E-state index < -0.39 is 0 Å². The van der Waals surface area contributed by atoms with Crippen molar-refractivity contribution in [1.82, 2.24) is 5.32 Å². The molecule has 1 rings (SSSR count). The number of hydrogen-bond acceptors (Lipinski definition) is 3. The van der Waals surface area contributed by atoms with Gasteiger partial charge in [0, 0.05) is 17.7 Å². The van der Waals surface area contributed by atoms with Crippen LogP contribution in [0.4, 0.5) is 0 Å². The van der Waals surface area contributed by atoms with Crippen molar-refractivity contribution in [2.24, 2.45) is 0 Å². The van der Waals surface area contributed by atoms with Gasteiger partial charge >= 0.3 is 0 Å². The number of amides is 1. The number of aliphatic hydroxyl groups excluding tert-OH is 1. The summed E-state index contributed by atoms with van der Waals surface area (Å²) in [5, 5.41) is 11.5. The number of rotatable bonds is 5. The van der Waals surface area contributed by atoms with Crippen molar-refractivity contribution in [2.45, 2.75) is 26.9 Å². The summed E-state index contributed by atoms with van der Waals surface area (Å²) < 4.78 is 5.37. The number of carbonyl (C=O) groups excluding carboxylic acids is 1. The molecule has 0 unspecified atom stereocenters. The van der Waals surface area contributed by atoms with Crippen LogP contribution in [-0.4, -0.2) is 36.9 Å². The molecule has 0 saturated heterocycles. The summed E-state index contributed by atoms with van der Waals surface area (Å²) in [7, 11) is 0. The Morgan fingerprint density at radius 1 is 1.45 bits per heavy atom. The first-order chi connectivity index (χ1) is 9.54. The standard InChI is InChI=1S/C16H21NO3/c1-12(2)20-10-8-17-16(19)15-11-14(5-4-9-18)7-6-13(15)3/h6-7,11-12,18H,8-10H2,1-3H3,(H,17,19). The minimum absolute atomic E-state index is 0.137. The van der Waals surface area contributed by atoms with Gasteiger partial charge in [-0.3, -0.25) is 4.79 Å². The predicted molar refractivity (Wildman–Crippen MR) is 78.6 cm³/mol. The Bertz CT molecular complexity index is 512. The molecule has 1 aromatic carbocycles. The second-order valence-corrected chi connectivity index (χ2v) is 4.67. The smallest absolute Gasteiger partial charge is 0.251 e. The maximum atomic E-state index is 12.1. The highest BCUT2D eigenvalue weighted by molar-refractivity contribution is 5.96. The van der Waals surface area contributed by atoms with Crippen LogP contribution in [0.5, 0.6) is 0 Å². The quantitative estimate of drug-likeness (QED) is 0.632. The largest absolute Gasteiger partial charge is 0.384 e. The van der Waals surface area contributed by atoms with E-state index in [0.717, 1.165) is 5.56 Å². The van der Waals surface area contributed by atoms with E-state index in [1.54, 1.807) is 6.07 Å². The molecule has 0 saturated carbocycles. The molecule has 0 fully saturated rings. The summed E-state index contributed by atoms with van der Waals surface area (Å²) in [6.45, 7) is 6.56. The van der Waals surface area contributed by atoms with Crippen molar-refractivity contribution < 1.29 is 14.6 Å². The van der Waals surface area contributed by atoms with E-state index in [1.807, 2.05) is 32.9 Å². The highest BCUT2D eigenvalue weighted by Crippen LogP contribution is 2.10. The van der Waals surface area contributed by atoms with E-state index >= 15 is 0 Å².